The van der Waals surface area contributed by atoms with E-state index in [0.29, 0.717) is 21.8 Å². The molecule has 3 aromatic heterocycles. The maximum absolute atomic E-state index is 12.6. The summed E-state index contributed by atoms with van der Waals surface area (Å²) >= 11 is 0. The summed E-state index contributed by atoms with van der Waals surface area (Å²) in [4.78, 5) is 31.8. The Bertz CT molecular complexity index is 1110. The molecule has 0 saturated heterocycles. The van der Waals surface area contributed by atoms with Crippen molar-refractivity contribution in [1.82, 2.24) is 19.7 Å². The fourth-order valence-corrected chi connectivity index (χ4v) is 2.76. The van der Waals surface area contributed by atoms with E-state index < -0.39 is 5.97 Å². The lowest BCUT2D eigenvalue weighted by Crippen LogP contribution is -2.13. The van der Waals surface area contributed by atoms with Crippen LogP contribution in [-0.2, 0) is 4.74 Å². The maximum atomic E-state index is 12.6. The molecule has 3 heterocycles. The van der Waals surface area contributed by atoms with Crippen molar-refractivity contribution >= 4 is 27.8 Å². The number of aromatic amines is 2. The van der Waals surface area contributed by atoms with Crippen molar-refractivity contribution in [2.45, 2.75) is 6.92 Å². The number of hydrogen-bond acceptors (Lipinski definition) is 4. The second kappa shape index (κ2) is 5.38. The van der Waals surface area contributed by atoms with Crippen LogP contribution in [0.1, 0.15) is 17.4 Å². The number of aromatic nitrogens is 4. The van der Waals surface area contributed by atoms with Crippen molar-refractivity contribution in [3.8, 4) is 5.69 Å². The van der Waals surface area contributed by atoms with Gasteiger partial charge in [-0.25, -0.2) is 9.48 Å². The van der Waals surface area contributed by atoms with Crippen molar-refractivity contribution in [3.63, 3.8) is 0 Å². The zero-order valence-corrected chi connectivity index (χ0v) is 12.9. The van der Waals surface area contributed by atoms with Crippen LogP contribution in [0.2, 0.25) is 0 Å². The largest absolute Gasteiger partial charge is 0.461 e. The second-order valence-electron chi connectivity index (χ2n) is 5.28. The molecule has 120 valence electrons. The van der Waals surface area contributed by atoms with Gasteiger partial charge in [-0.15, -0.1) is 0 Å². The number of rotatable bonds is 3. The van der Waals surface area contributed by atoms with Gasteiger partial charge in [-0.1, -0.05) is 18.2 Å². The highest BCUT2D eigenvalue weighted by atomic mass is 16.5. The normalized spacial score (nSPS) is 11.2. The number of benzene rings is 1. The smallest absolute Gasteiger partial charge is 0.357 e. The molecule has 0 fully saturated rings. The van der Waals surface area contributed by atoms with Crippen molar-refractivity contribution < 1.29 is 9.53 Å². The van der Waals surface area contributed by atoms with Gasteiger partial charge >= 0.3 is 5.97 Å². The SMILES string of the molecule is CCOC(=O)c1[nH]cc2c1ncc1c(=O)n(-c3ccccc3)[nH]c12. The molecule has 7 nitrogen and oxygen atoms in total. The summed E-state index contributed by atoms with van der Waals surface area (Å²) in [6, 6.07) is 9.27. The van der Waals surface area contributed by atoms with E-state index in [1.807, 2.05) is 30.3 Å². The summed E-state index contributed by atoms with van der Waals surface area (Å²) in [5, 5.41) is 4.23. The Labute approximate surface area is 135 Å². The Hall–Kier alpha value is -3.35. The molecule has 0 aliphatic rings. The topological polar surface area (TPSA) is 92.8 Å². The Kier molecular flexibility index (Phi) is 3.19. The number of hydrogen-bond donors (Lipinski definition) is 2. The van der Waals surface area contributed by atoms with Gasteiger partial charge in [0.05, 0.1) is 23.2 Å². The molecular formula is C17H14N4O3. The molecule has 24 heavy (non-hydrogen) atoms. The first kappa shape index (κ1) is 14.3. The first-order valence-electron chi connectivity index (χ1n) is 7.54. The number of H-pyrrole nitrogens is 2. The number of nitrogens with one attached hydrogen (secondary N) is 2. The monoisotopic (exact) mass is 322 g/mol. The molecule has 0 spiro atoms. The molecule has 0 bridgehead atoms. The number of nitrogens with zero attached hydrogens (tertiary/aromatic N) is 2. The van der Waals surface area contributed by atoms with E-state index >= 15 is 0 Å². The van der Waals surface area contributed by atoms with E-state index in [4.69, 9.17) is 4.74 Å². The Balaban J connectivity index is 1.97. The molecule has 0 aliphatic heterocycles. The third-order valence-electron chi connectivity index (χ3n) is 3.87. The van der Waals surface area contributed by atoms with Crippen LogP contribution in [-0.4, -0.2) is 32.3 Å². The molecule has 0 amide bonds. The molecule has 4 aromatic rings. The van der Waals surface area contributed by atoms with Gasteiger partial charge in [0, 0.05) is 17.8 Å². The molecule has 0 saturated carbocycles. The van der Waals surface area contributed by atoms with E-state index in [2.05, 4.69) is 15.1 Å². The van der Waals surface area contributed by atoms with Crippen molar-refractivity contribution in [2.24, 2.45) is 0 Å². The van der Waals surface area contributed by atoms with Gasteiger partial charge in [-0.05, 0) is 19.1 Å². The van der Waals surface area contributed by atoms with Gasteiger partial charge in [0.2, 0.25) is 0 Å². The van der Waals surface area contributed by atoms with Gasteiger partial charge in [0.1, 0.15) is 5.52 Å². The number of pyridine rings is 1. The average Bonchev–Trinajstić information content (AvgIpc) is 3.17. The zero-order valence-electron chi connectivity index (χ0n) is 12.9. The number of fused-ring (bicyclic) bond motifs is 3. The third-order valence-corrected chi connectivity index (χ3v) is 3.87. The number of carbonyl (C=O) groups is 1. The molecule has 0 unspecified atom stereocenters. The molecule has 4 rings (SSSR count). The summed E-state index contributed by atoms with van der Waals surface area (Å²) in [6.07, 6.45) is 3.13. The highest BCUT2D eigenvalue weighted by molar-refractivity contribution is 6.10. The first-order valence-corrected chi connectivity index (χ1v) is 7.54. The van der Waals surface area contributed by atoms with Crippen LogP contribution in [0.25, 0.3) is 27.5 Å². The fraction of sp³-hybridized carbons (Fsp3) is 0.118. The summed E-state index contributed by atoms with van der Waals surface area (Å²) in [5.74, 6) is -0.468. The van der Waals surface area contributed by atoms with Crippen molar-refractivity contribution in [3.05, 3.63) is 58.8 Å². The van der Waals surface area contributed by atoms with Crippen molar-refractivity contribution in [2.75, 3.05) is 6.61 Å². The van der Waals surface area contributed by atoms with Crippen molar-refractivity contribution in [1.29, 1.82) is 0 Å². The van der Waals surface area contributed by atoms with E-state index in [1.165, 1.54) is 10.9 Å². The highest BCUT2D eigenvalue weighted by Gasteiger charge is 2.19. The van der Waals surface area contributed by atoms with Crippen LogP contribution in [0.4, 0.5) is 0 Å². The van der Waals surface area contributed by atoms with Crippen LogP contribution in [0.3, 0.4) is 0 Å². The first-order chi connectivity index (χ1) is 11.7. The van der Waals surface area contributed by atoms with E-state index in [-0.39, 0.29) is 17.9 Å². The fourth-order valence-electron chi connectivity index (χ4n) is 2.76. The lowest BCUT2D eigenvalue weighted by atomic mass is 10.2. The van der Waals surface area contributed by atoms with E-state index in [0.717, 1.165) is 5.69 Å². The van der Waals surface area contributed by atoms with Crippen LogP contribution in [0, 0.1) is 0 Å². The Morgan fingerprint density at radius 2 is 2.04 bits per heavy atom. The summed E-state index contributed by atoms with van der Waals surface area (Å²) in [5.41, 5.74) is 1.92. The predicted molar refractivity (Wildman–Crippen MR) is 89.5 cm³/mol. The Morgan fingerprint density at radius 3 is 2.79 bits per heavy atom. The molecular weight excluding hydrogens is 308 g/mol. The predicted octanol–water partition coefficient (Wildman–Crippen LogP) is 2.37. The molecule has 0 radical (unpaired) electrons. The number of ether oxygens (including phenoxy) is 1. The van der Waals surface area contributed by atoms with Gasteiger partial charge < -0.3 is 9.72 Å². The van der Waals surface area contributed by atoms with Gasteiger partial charge in [-0.2, -0.15) is 0 Å². The van der Waals surface area contributed by atoms with E-state index in [1.54, 1.807) is 13.1 Å². The summed E-state index contributed by atoms with van der Waals surface area (Å²) in [6.45, 7) is 2.02. The maximum Gasteiger partial charge on any atom is 0.357 e. The summed E-state index contributed by atoms with van der Waals surface area (Å²) < 4.78 is 6.48. The number of para-hydroxylation sites is 1. The van der Waals surface area contributed by atoms with Gasteiger partial charge in [0.15, 0.2) is 5.69 Å². The van der Waals surface area contributed by atoms with Crippen LogP contribution in [0.5, 0.6) is 0 Å². The minimum atomic E-state index is -0.468. The highest BCUT2D eigenvalue weighted by Crippen LogP contribution is 2.23. The second-order valence-corrected chi connectivity index (χ2v) is 5.28. The van der Waals surface area contributed by atoms with Crippen LogP contribution < -0.4 is 5.56 Å². The van der Waals surface area contributed by atoms with Gasteiger partial charge in [-0.3, -0.25) is 14.9 Å². The lowest BCUT2D eigenvalue weighted by Gasteiger charge is -1.99. The summed E-state index contributed by atoms with van der Waals surface area (Å²) in [7, 11) is 0. The number of carbonyl (C=O) groups excluding carboxylic acids is 1. The minimum Gasteiger partial charge on any atom is -0.461 e. The van der Waals surface area contributed by atoms with Crippen LogP contribution >= 0.6 is 0 Å². The molecule has 0 atom stereocenters. The Morgan fingerprint density at radius 1 is 1.25 bits per heavy atom. The average molecular weight is 322 g/mol. The molecule has 2 N–H and O–H groups in total. The van der Waals surface area contributed by atoms with E-state index in [9.17, 15) is 9.59 Å². The number of esters is 1. The quantitative estimate of drug-likeness (QED) is 0.566. The third kappa shape index (κ3) is 2.02. The molecule has 0 aliphatic carbocycles. The minimum absolute atomic E-state index is 0.190. The van der Waals surface area contributed by atoms with Crippen LogP contribution in [0.15, 0.2) is 47.5 Å². The molecule has 1 aromatic carbocycles. The lowest BCUT2D eigenvalue weighted by molar-refractivity contribution is 0.0522. The molecule has 7 heteroatoms. The van der Waals surface area contributed by atoms with Gasteiger partial charge in [0.25, 0.3) is 5.56 Å². The zero-order chi connectivity index (χ0) is 16.7. The standard InChI is InChI=1S/C17H14N4O3/c1-2-24-17(23)15-14-11(8-19-15)13-12(9-18-14)16(22)21(20-13)10-6-4-3-5-7-10/h3-9,19-20H,2H2,1H3.